The molecule has 5 heteroatoms. The fourth-order valence-corrected chi connectivity index (χ4v) is 2.82. The van der Waals surface area contributed by atoms with E-state index in [1.165, 1.54) is 0 Å². The van der Waals surface area contributed by atoms with Gasteiger partial charge in [0.15, 0.2) is 0 Å². The molecule has 0 bridgehead atoms. The Labute approximate surface area is 131 Å². The summed E-state index contributed by atoms with van der Waals surface area (Å²) in [5, 5.41) is 4.09. The molecular weight excluding hydrogens is 296 g/mol. The molecule has 0 heterocycles. The molecule has 116 valence electrons. The molecule has 4 nitrogen and oxygen atoms in total. The van der Waals surface area contributed by atoms with Crippen LogP contribution in [0.15, 0.2) is 64.6 Å². The van der Waals surface area contributed by atoms with Crippen LogP contribution in [0.5, 0.6) is 0 Å². The standard InChI is InChI=1S/C17H20N2O2S/c1-3-16(13-15-7-5-4-6-8-15)18-19-22(20,21)17-11-9-14(2)10-12-17/h4-12,19H,3,13H2,1-2H3/b18-16+. The normalized spacial score (nSPS) is 12.2. The topological polar surface area (TPSA) is 58.5 Å². The highest BCUT2D eigenvalue weighted by atomic mass is 32.2. The summed E-state index contributed by atoms with van der Waals surface area (Å²) in [6.07, 6.45) is 1.32. The molecule has 0 aliphatic heterocycles. The lowest BCUT2D eigenvalue weighted by molar-refractivity contribution is 0.584. The van der Waals surface area contributed by atoms with Crippen molar-refractivity contribution in [1.29, 1.82) is 0 Å². The van der Waals surface area contributed by atoms with Gasteiger partial charge in [0.2, 0.25) is 0 Å². The van der Waals surface area contributed by atoms with Crippen molar-refractivity contribution < 1.29 is 8.42 Å². The minimum atomic E-state index is -3.61. The van der Waals surface area contributed by atoms with Gasteiger partial charge in [0.1, 0.15) is 0 Å². The molecule has 0 fully saturated rings. The summed E-state index contributed by atoms with van der Waals surface area (Å²) in [5.41, 5.74) is 2.92. The van der Waals surface area contributed by atoms with Crippen molar-refractivity contribution in [3.05, 3.63) is 65.7 Å². The SMILES string of the molecule is CC/C(Cc1ccccc1)=N\NS(=O)(=O)c1ccc(C)cc1. The van der Waals surface area contributed by atoms with Crippen LogP contribution in [0.2, 0.25) is 0 Å². The molecule has 1 N–H and O–H groups in total. The van der Waals surface area contributed by atoms with E-state index in [1.54, 1.807) is 24.3 Å². The summed E-state index contributed by atoms with van der Waals surface area (Å²) in [4.78, 5) is 2.55. The highest BCUT2D eigenvalue weighted by Crippen LogP contribution is 2.10. The fraction of sp³-hybridized carbons (Fsp3) is 0.235. The van der Waals surface area contributed by atoms with Crippen LogP contribution in [0.1, 0.15) is 24.5 Å². The Morgan fingerprint density at radius 1 is 1.05 bits per heavy atom. The molecule has 0 saturated heterocycles. The van der Waals surface area contributed by atoms with Gasteiger partial charge < -0.3 is 0 Å². The summed E-state index contributed by atoms with van der Waals surface area (Å²) in [6.45, 7) is 3.87. The average Bonchev–Trinajstić information content (AvgIpc) is 2.53. The van der Waals surface area contributed by atoms with Crippen molar-refractivity contribution in [1.82, 2.24) is 4.83 Å². The molecule has 22 heavy (non-hydrogen) atoms. The Morgan fingerprint density at radius 2 is 1.68 bits per heavy atom. The number of benzene rings is 2. The van der Waals surface area contributed by atoms with Gasteiger partial charge in [0.05, 0.1) is 4.90 Å². The summed E-state index contributed by atoms with van der Waals surface area (Å²) >= 11 is 0. The molecule has 0 saturated carbocycles. The smallest absolute Gasteiger partial charge is 0.200 e. The second kappa shape index (κ2) is 7.22. The van der Waals surface area contributed by atoms with Gasteiger partial charge in [-0.2, -0.15) is 13.5 Å². The highest BCUT2D eigenvalue weighted by Gasteiger charge is 2.12. The van der Waals surface area contributed by atoms with Crippen LogP contribution in [0, 0.1) is 6.92 Å². The highest BCUT2D eigenvalue weighted by molar-refractivity contribution is 7.89. The third-order valence-corrected chi connectivity index (χ3v) is 4.54. The predicted octanol–water partition coefficient (Wildman–Crippen LogP) is 3.28. The average molecular weight is 316 g/mol. The first-order chi connectivity index (χ1) is 10.5. The molecular formula is C17H20N2O2S. The minimum Gasteiger partial charge on any atom is -0.200 e. The summed E-state index contributed by atoms with van der Waals surface area (Å²) in [6, 6.07) is 16.6. The van der Waals surface area contributed by atoms with Crippen molar-refractivity contribution in [3.8, 4) is 0 Å². The number of rotatable bonds is 6. The number of sulfonamides is 1. The van der Waals surface area contributed by atoms with E-state index in [0.717, 1.165) is 16.8 Å². The largest absolute Gasteiger partial charge is 0.276 e. The molecule has 0 atom stereocenters. The predicted molar refractivity (Wildman–Crippen MR) is 89.4 cm³/mol. The van der Waals surface area contributed by atoms with Crippen LogP contribution in [0.4, 0.5) is 0 Å². The Balaban J connectivity index is 2.12. The number of hydrogen-bond acceptors (Lipinski definition) is 3. The maximum absolute atomic E-state index is 12.2. The minimum absolute atomic E-state index is 0.219. The number of aryl methyl sites for hydroxylation is 1. The lowest BCUT2D eigenvalue weighted by Gasteiger charge is -2.07. The molecule has 0 aromatic heterocycles. The van der Waals surface area contributed by atoms with Crippen LogP contribution in [0.3, 0.4) is 0 Å². The Hall–Kier alpha value is -2.14. The monoisotopic (exact) mass is 316 g/mol. The van der Waals surface area contributed by atoms with Gasteiger partial charge in [-0.1, -0.05) is 55.0 Å². The van der Waals surface area contributed by atoms with E-state index in [2.05, 4.69) is 9.93 Å². The first-order valence-corrected chi connectivity index (χ1v) is 8.67. The van der Waals surface area contributed by atoms with Crippen molar-refractivity contribution >= 4 is 15.7 Å². The van der Waals surface area contributed by atoms with Crippen LogP contribution in [-0.2, 0) is 16.4 Å². The van der Waals surface area contributed by atoms with Gasteiger partial charge in [0.25, 0.3) is 10.0 Å². The lowest BCUT2D eigenvalue weighted by Crippen LogP contribution is -2.20. The van der Waals surface area contributed by atoms with Crippen LogP contribution in [0.25, 0.3) is 0 Å². The number of nitrogens with zero attached hydrogens (tertiary/aromatic N) is 1. The molecule has 2 aromatic rings. The van der Waals surface area contributed by atoms with E-state index >= 15 is 0 Å². The van der Waals surface area contributed by atoms with Crippen LogP contribution < -0.4 is 4.83 Å². The summed E-state index contributed by atoms with van der Waals surface area (Å²) in [5.74, 6) is 0. The summed E-state index contributed by atoms with van der Waals surface area (Å²) in [7, 11) is -3.61. The first-order valence-electron chi connectivity index (χ1n) is 7.19. The van der Waals surface area contributed by atoms with E-state index in [9.17, 15) is 8.42 Å². The molecule has 0 spiro atoms. The van der Waals surface area contributed by atoms with Crippen molar-refractivity contribution in [2.75, 3.05) is 0 Å². The Bertz CT molecular complexity index is 736. The quantitative estimate of drug-likeness (QED) is 0.657. The zero-order valence-corrected chi connectivity index (χ0v) is 13.6. The molecule has 0 unspecified atom stereocenters. The summed E-state index contributed by atoms with van der Waals surface area (Å²) < 4.78 is 24.4. The molecule has 0 aliphatic rings. The zero-order valence-electron chi connectivity index (χ0n) is 12.8. The van der Waals surface area contributed by atoms with E-state index in [-0.39, 0.29) is 4.90 Å². The van der Waals surface area contributed by atoms with Crippen molar-refractivity contribution in [2.24, 2.45) is 5.10 Å². The van der Waals surface area contributed by atoms with Crippen molar-refractivity contribution in [3.63, 3.8) is 0 Å². The fourth-order valence-electron chi connectivity index (χ4n) is 1.97. The first kappa shape index (κ1) is 16.2. The van der Waals surface area contributed by atoms with E-state index < -0.39 is 10.0 Å². The molecule has 0 aliphatic carbocycles. The maximum Gasteiger partial charge on any atom is 0.276 e. The van der Waals surface area contributed by atoms with Gasteiger partial charge in [-0.3, -0.25) is 0 Å². The van der Waals surface area contributed by atoms with Gasteiger partial charge in [-0.15, -0.1) is 0 Å². The van der Waals surface area contributed by atoms with Crippen molar-refractivity contribution in [2.45, 2.75) is 31.6 Å². The second-order valence-electron chi connectivity index (χ2n) is 5.10. The lowest BCUT2D eigenvalue weighted by atomic mass is 10.1. The third kappa shape index (κ3) is 4.43. The number of hydrazone groups is 1. The molecule has 2 aromatic carbocycles. The Morgan fingerprint density at radius 3 is 2.27 bits per heavy atom. The van der Waals surface area contributed by atoms with Gasteiger partial charge in [0, 0.05) is 12.1 Å². The number of nitrogens with one attached hydrogen (secondary N) is 1. The van der Waals surface area contributed by atoms with Crippen LogP contribution in [-0.4, -0.2) is 14.1 Å². The van der Waals surface area contributed by atoms with E-state index in [0.29, 0.717) is 12.8 Å². The molecule has 0 amide bonds. The molecule has 0 radical (unpaired) electrons. The molecule has 2 rings (SSSR count). The van der Waals surface area contributed by atoms with Gasteiger partial charge in [-0.25, -0.2) is 4.83 Å². The van der Waals surface area contributed by atoms with Crippen LogP contribution >= 0.6 is 0 Å². The van der Waals surface area contributed by atoms with E-state index in [4.69, 9.17) is 0 Å². The van der Waals surface area contributed by atoms with E-state index in [1.807, 2.05) is 44.2 Å². The zero-order chi connectivity index (χ0) is 16.0. The Kier molecular flexibility index (Phi) is 5.33. The van der Waals surface area contributed by atoms with Gasteiger partial charge >= 0.3 is 0 Å². The maximum atomic E-state index is 12.2. The second-order valence-corrected chi connectivity index (χ2v) is 6.76. The van der Waals surface area contributed by atoms with Gasteiger partial charge in [-0.05, 0) is 31.0 Å². The number of hydrogen-bond donors (Lipinski definition) is 1. The third-order valence-electron chi connectivity index (χ3n) is 3.31.